The summed E-state index contributed by atoms with van der Waals surface area (Å²) in [4.78, 5) is 23.6. The number of ether oxygens (including phenoxy) is 1. The highest BCUT2D eigenvalue weighted by molar-refractivity contribution is 5.96. The van der Waals surface area contributed by atoms with Crippen LogP contribution < -0.4 is 0 Å². The number of likely N-dealkylation sites (N-methyl/N-ethyl adjacent to an activating group) is 1. The van der Waals surface area contributed by atoms with Gasteiger partial charge in [-0.15, -0.1) is 0 Å². The SMILES string of the molecule is COC(=O)CN(C)C(=O)c1cccc(C(F)(F)F)c1F. The third-order valence-corrected chi connectivity index (χ3v) is 2.48. The van der Waals surface area contributed by atoms with E-state index in [9.17, 15) is 27.2 Å². The van der Waals surface area contributed by atoms with Gasteiger partial charge in [0, 0.05) is 7.05 Å². The van der Waals surface area contributed by atoms with Gasteiger partial charge < -0.3 is 9.64 Å². The van der Waals surface area contributed by atoms with E-state index in [-0.39, 0.29) is 0 Å². The van der Waals surface area contributed by atoms with E-state index in [0.717, 1.165) is 31.2 Å². The molecule has 0 saturated carbocycles. The number of methoxy groups -OCH3 is 1. The van der Waals surface area contributed by atoms with Gasteiger partial charge in [0.15, 0.2) is 0 Å². The molecule has 1 aromatic rings. The Balaban J connectivity index is 3.09. The smallest absolute Gasteiger partial charge is 0.419 e. The maximum Gasteiger partial charge on any atom is 0.419 e. The van der Waals surface area contributed by atoms with E-state index in [1.807, 2.05) is 0 Å². The summed E-state index contributed by atoms with van der Waals surface area (Å²) in [6.07, 6.45) is -4.90. The van der Waals surface area contributed by atoms with Crippen LogP contribution in [0, 0.1) is 5.82 Å². The van der Waals surface area contributed by atoms with Crippen LogP contribution in [0.25, 0.3) is 0 Å². The minimum Gasteiger partial charge on any atom is -0.468 e. The van der Waals surface area contributed by atoms with Gasteiger partial charge in [0.25, 0.3) is 5.91 Å². The molecule has 0 aliphatic heterocycles. The van der Waals surface area contributed by atoms with Crippen molar-refractivity contribution in [3.8, 4) is 0 Å². The molecule has 0 radical (unpaired) electrons. The monoisotopic (exact) mass is 293 g/mol. The first-order chi connectivity index (χ1) is 9.18. The van der Waals surface area contributed by atoms with Crippen LogP contribution in [0.3, 0.4) is 0 Å². The molecule has 1 aromatic carbocycles. The van der Waals surface area contributed by atoms with Crippen molar-refractivity contribution in [3.05, 3.63) is 35.1 Å². The summed E-state index contributed by atoms with van der Waals surface area (Å²) in [5.74, 6) is -3.48. The van der Waals surface area contributed by atoms with Crippen molar-refractivity contribution in [2.45, 2.75) is 6.18 Å². The third-order valence-electron chi connectivity index (χ3n) is 2.48. The van der Waals surface area contributed by atoms with Crippen molar-refractivity contribution in [2.75, 3.05) is 20.7 Å². The van der Waals surface area contributed by atoms with Gasteiger partial charge in [0.1, 0.15) is 12.4 Å². The van der Waals surface area contributed by atoms with Crippen LogP contribution in [0.1, 0.15) is 15.9 Å². The van der Waals surface area contributed by atoms with Crippen molar-refractivity contribution in [1.82, 2.24) is 4.90 Å². The molecule has 0 N–H and O–H groups in total. The van der Waals surface area contributed by atoms with E-state index in [2.05, 4.69) is 4.74 Å². The van der Waals surface area contributed by atoms with Gasteiger partial charge in [-0.2, -0.15) is 13.2 Å². The molecule has 0 saturated heterocycles. The lowest BCUT2D eigenvalue weighted by molar-refractivity contribution is -0.141. The van der Waals surface area contributed by atoms with Crippen molar-refractivity contribution >= 4 is 11.9 Å². The maximum absolute atomic E-state index is 13.7. The molecule has 0 spiro atoms. The largest absolute Gasteiger partial charge is 0.468 e. The first-order valence-electron chi connectivity index (χ1n) is 5.36. The lowest BCUT2D eigenvalue weighted by Gasteiger charge is -2.17. The topological polar surface area (TPSA) is 46.6 Å². The normalized spacial score (nSPS) is 11.1. The predicted molar refractivity (Wildman–Crippen MR) is 60.4 cm³/mol. The summed E-state index contributed by atoms with van der Waals surface area (Å²) < 4.78 is 55.6. The number of halogens is 4. The second-order valence-electron chi connectivity index (χ2n) is 3.90. The predicted octanol–water partition coefficient (Wildman–Crippen LogP) is 2.09. The lowest BCUT2D eigenvalue weighted by Crippen LogP contribution is -2.33. The van der Waals surface area contributed by atoms with Crippen LogP contribution in [0.5, 0.6) is 0 Å². The number of amides is 1. The maximum atomic E-state index is 13.7. The molecular formula is C12H11F4NO3. The Hall–Kier alpha value is -2.12. The van der Waals surface area contributed by atoms with Crippen LogP contribution in [0.15, 0.2) is 18.2 Å². The zero-order valence-electron chi connectivity index (χ0n) is 10.6. The standard InChI is InChI=1S/C12H11F4NO3/c1-17(6-9(18)20-2)11(19)7-4-3-5-8(10(7)13)12(14,15)16/h3-5H,6H2,1-2H3. The molecule has 0 aliphatic carbocycles. The van der Waals surface area contributed by atoms with E-state index in [4.69, 9.17) is 0 Å². The van der Waals surface area contributed by atoms with Gasteiger partial charge in [-0.05, 0) is 12.1 Å². The van der Waals surface area contributed by atoms with Crippen molar-refractivity contribution in [1.29, 1.82) is 0 Å². The highest BCUT2D eigenvalue weighted by atomic mass is 19.4. The molecule has 1 rings (SSSR count). The van der Waals surface area contributed by atoms with E-state index < -0.39 is 41.5 Å². The fourth-order valence-electron chi connectivity index (χ4n) is 1.45. The summed E-state index contributed by atoms with van der Waals surface area (Å²) in [7, 11) is 2.24. The lowest BCUT2D eigenvalue weighted by atomic mass is 10.1. The average molecular weight is 293 g/mol. The van der Waals surface area contributed by atoms with Crippen LogP contribution in [-0.4, -0.2) is 37.5 Å². The number of carbonyl (C=O) groups excluding carboxylic acids is 2. The number of hydrogen-bond acceptors (Lipinski definition) is 3. The molecule has 0 atom stereocenters. The molecule has 8 heteroatoms. The van der Waals surface area contributed by atoms with Gasteiger partial charge in [-0.1, -0.05) is 6.07 Å². The second-order valence-corrected chi connectivity index (χ2v) is 3.90. The molecule has 0 heterocycles. The first kappa shape index (κ1) is 15.9. The Bertz CT molecular complexity index is 528. The van der Waals surface area contributed by atoms with Crippen molar-refractivity contribution in [2.24, 2.45) is 0 Å². The van der Waals surface area contributed by atoms with E-state index >= 15 is 0 Å². The van der Waals surface area contributed by atoms with Gasteiger partial charge in [-0.25, -0.2) is 4.39 Å². The van der Waals surface area contributed by atoms with Gasteiger partial charge in [0.05, 0.1) is 18.2 Å². The van der Waals surface area contributed by atoms with E-state index in [0.29, 0.717) is 6.07 Å². The first-order valence-corrected chi connectivity index (χ1v) is 5.36. The fourth-order valence-corrected chi connectivity index (χ4v) is 1.45. The zero-order chi connectivity index (χ0) is 15.5. The fraction of sp³-hybridized carbons (Fsp3) is 0.333. The highest BCUT2D eigenvalue weighted by Gasteiger charge is 2.36. The molecule has 0 bridgehead atoms. The molecule has 1 amide bonds. The molecule has 0 aliphatic rings. The highest BCUT2D eigenvalue weighted by Crippen LogP contribution is 2.32. The number of carbonyl (C=O) groups is 2. The summed E-state index contributed by atoms with van der Waals surface area (Å²) >= 11 is 0. The molecule has 20 heavy (non-hydrogen) atoms. The van der Waals surface area contributed by atoms with Gasteiger partial charge in [-0.3, -0.25) is 9.59 Å². The number of alkyl halides is 3. The van der Waals surface area contributed by atoms with Crippen molar-refractivity contribution < 1.29 is 31.9 Å². The Morgan fingerprint density at radius 2 is 1.90 bits per heavy atom. The molecule has 0 unspecified atom stereocenters. The van der Waals surface area contributed by atoms with Gasteiger partial charge >= 0.3 is 12.1 Å². The zero-order valence-corrected chi connectivity index (χ0v) is 10.6. The van der Waals surface area contributed by atoms with Crippen LogP contribution in [0.4, 0.5) is 17.6 Å². The Labute approximate surface area is 111 Å². The minimum absolute atomic E-state index is 0.495. The molecular weight excluding hydrogens is 282 g/mol. The van der Waals surface area contributed by atoms with Crippen LogP contribution in [-0.2, 0) is 15.7 Å². The molecule has 110 valence electrons. The number of hydrogen-bond donors (Lipinski definition) is 0. The van der Waals surface area contributed by atoms with Crippen LogP contribution in [0.2, 0.25) is 0 Å². The Kier molecular flexibility index (Phi) is 4.69. The third kappa shape index (κ3) is 3.46. The van der Waals surface area contributed by atoms with E-state index in [1.54, 1.807) is 0 Å². The molecule has 0 fully saturated rings. The number of benzene rings is 1. The number of rotatable bonds is 3. The quantitative estimate of drug-likeness (QED) is 0.633. The number of nitrogens with zero attached hydrogens (tertiary/aromatic N) is 1. The summed E-state index contributed by atoms with van der Waals surface area (Å²) in [6, 6.07) is 2.37. The molecule has 0 aromatic heterocycles. The van der Waals surface area contributed by atoms with Crippen LogP contribution >= 0.6 is 0 Å². The number of esters is 1. The average Bonchev–Trinajstić information content (AvgIpc) is 2.36. The Morgan fingerprint density at radius 1 is 1.30 bits per heavy atom. The summed E-state index contributed by atoms with van der Waals surface area (Å²) in [5.41, 5.74) is -2.29. The summed E-state index contributed by atoms with van der Waals surface area (Å²) in [5, 5.41) is 0. The van der Waals surface area contributed by atoms with Gasteiger partial charge in [0.2, 0.25) is 0 Å². The molecule has 4 nitrogen and oxygen atoms in total. The second kappa shape index (κ2) is 5.89. The summed E-state index contributed by atoms with van der Waals surface area (Å²) in [6.45, 7) is -0.495. The Morgan fingerprint density at radius 3 is 2.40 bits per heavy atom. The minimum atomic E-state index is -4.90. The van der Waals surface area contributed by atoms with E-state index in [1.165, 1.54) is 0 Å². The van der Waals surface area contributed by atoms with Crippen molar-refractivity contribution in [3.63, 3.8) is 0 Å².